The first-order valence-corrected chi connectivity index (χ1v) is 14.8. The predicted molar refractivity (Wildman–Crippen MR) is 144 cm³/mol. The van der Waals surface area contributed by atoms with Crippen LogP contribution in [-0.2, 0) is 46.3 Å². The van der Waals surface area contributed by atoms with Crippen LogP contribution in [0.4, 0.5) is 0 Å². The van der Waals surface area contributed by atoms with Crippen LogP contribution in [0.3, 0.4) is 0 Å². The fourth-order valence-corrected chi connectivity index (χ4v) is 10.5. The van der Waals surface area contributed by atoms with Crippen molar-refractivity contribution in [3.8, 4) is 0 Å². The first-order chi connectivity index (χ1) is 17.1. The first-order valence-electron chi connectivity index (χ1n) is 11.5. The third-order valence-corrected chi connectivity index (χ3v) is 13.0. The Balaban J connectivity index is -0.000000721. The summed E-state index contributed by atoms with van der Waals surface area (Å²) in [6.45, 7) is 33.2. The molecule has 1 aromatic carbocycles. The maximum atomic E-state index is 12.6. The van der Waals surface area contributed by atoms with E-state index >= 15 is 0 Å². The molecule has 6 nitrogen and oxygen atoms in total. The quantitative estimate of drug-likeness (QED) is 0.0983. The van der Waals surface area contributed by atoms with Gasteiger partial charge in [-0.15, -0.1) is 6.58 Å². The summed E-state index contributed by atoms with van der Waals surface area (Å²) >= 11 is 0. The Labute approximate surface area is 237 Å². The molecule has 0 aliphatic carbocycles. The molecule has 0 radical (unpaired) electrons. The topological polar surface area (TPSA) is 106 Å². The standard InChI is InChI=1S/C25H40O3SSi.3CO.Fe/c1-9-10-25(26)23(16-18-29(27)24-13-11-22(8)12-14-24)15-17-28-30(19(2)3,20(4)5)21(6)7;3*1-2;/h9,11-16,18-21,25-26H,1,10,17H2,2-8H3;;;;/b18-16-,23-15-;;;;/t25-,29-;;;;/m1..../s1. The zero-order valence-corrected chi connectivity index (χ0v) is 25.7. The van der Waals surface area contributed by atoms with Crippen LogP contribution in [0.25, 0.3) is 0 Å². The average molecular weight is 589 g/mol. The van der Waals surface area contributed by atoms with Gasteiger partial charge in [0.1, 0.15) is 0 Å². The van der Waals surface area contributed by atoms with Crippen molar-refractivity contribution in [2.75, 3.05) is 6.61 Å². The third kappa shape index (κ3) is 14.8. The molecular formula is C28H40FeO6SSi. The number of hydrogen-bond acceptors (Lipinski definition) is 3. The summed E-state index contributed by atoms with van der Waals surface area (Å²) in [5.74, 6) is 0. The van der Waals surface area contributed by atoms with E-state index in [2.05, 4.69) is 68.1 Å². The van der Waals surface area contributed by atoms with Crippen molar-refractivity contribution in [1.82, 2.24) is 0 Å². The fraction of sp³-hybridized carbons (Fsp3) is 0.464. The zero-order chi connectivity index (χ0) is 28.9. The molecule has 0 aliphatic rings. The predicted octanol–water partition coefficient (Wildman–Crippen LogP) is 6.56. The van der Waals surface area contributed by atoms with Crippen LogP contribution in [0, 0.1) is 26.9 Å². The molecule has 0 saturated carbocycles. The Hall–Kier alpha value is -1.53. The number of benzene rings is 1. The summed E-state index contributed by atoms with van der Waals surface area (Å²) in [4.78, 5) is 0.747. The van der Waals surface area contributed by atoms with Crippen LogP contribution in [0.1, 0.15) is 53.5 Å². The number of aliphatic hydroxyl groups excluding tert-OH is 1. The van der Waals surface area contributed by atoms with Crippen LogP contribution in [0.5, 0.6) is 0 Å². The minimum Gasteiger partial charge on any atom is 0 e. The van der Waals surface area contributed by atoms with Crippen molar-refractivity contribution in [3.63, 3.8) is 0 Å². The second-order valence-corrected chi connectivity index (χ2v) is 15.6. The Morgan fingerprint density at radius 1 is 1.00 bits per heavy atom. The summed E-state index contributed by atoms with van der Waals surface area (Å²) in [5, 5.41) is 12.2. The largest absolute Gasteiger partial charge is 0 e. The van der Waals surface area contributed by atoms with Crippen LogP contribution in [0.2, 0.25) is 16.6 Å². The molecule has 1 N–H and O–H groups in total. The molecule has 0 unspecified atom stereocenters. The monoisotopic (exact) mass is 588 g/mol. The van der Waals surface area contributed by atoms with Gasteiger partial charge in [-0.25, -0.2) is 4.21 Å². The minimum atomic E-state index is -1.98. The molecule has 2 atom stereocenters. The van der Waals surface area contributed by atoms with Crippen molar-refractivity contribution in [2.24, 2.45) is 0 Å². The van der Waals surface area contributed by atoms with E-state index in [0.717, 1.165) is 16.0 Å². The van der Waals surface area contributed by atoms with Crippen LogP contribution in [-0.4, -0.2) is 30.3 Å². The molecular weight excluding hydrogens is 548 g/mol. The number of aliphatic hydroxyl groups is 1. The van der Waals surface area contributed by atoms with E-state index in [1.54, 1.807) is 17.6 Å². The third-order valence-electron chi connectivity index (χ3n) is 5.77. The van der Waals surface area contributed by atoms with Gasteiger partial charge in [0.15, 0.2) is 0 Å². The molecule has 0 saturated heterocycles. The van der Waals surface area contributed by atoms with E-state index in [-0.39, 0.29) is 17.1 Å². The fourth-order valence-electron chi connectivity index (χ4n) is 4.28. The van der Waals surface area contributed by atoms with Gasteiger partial charge in [-0.05, 0) is 53.7 Å². The van der Waals surface area contributed by atoms with E-state index in [1.807, 2.05) is 37.3 Å². The molecule has 0 aromatic heterocycles. The SMILES string of the molecule is C=CC[C@@H](O)C(/C=C\[S@@](=O)c1ccc(C)cc1)=C\CO[Si](C(C)C)(C(C)C)C(C)C.[C-]#[O+].[C-]#[O+].[C-]#[O+].[Fe]. The molecule has 1 aromatic rings. The maximum absolute atomic E-state index is 12.6. The van der Waals surface area contributed by atoms with Gasteiger partial charge in [0.25, 0.3) is 0 Å². The average Bonchev–Trinajstić information content (AvgIpc) is 2.87. The second-order valence-electron chi connectivity index (χ2n) is 8.79. The number of aryl methyl sites for hydroxylation is 1. The number of hydrogen-bond donors (Lipinski definition) is 1. The van der Waals surface area contributed by atoms with Gasteiger partial charge in [0.05, 0.1) is 23.5 Å². The van der Waals surface area contributed by atoms with Crippen molar-refractivity contribution < 1.29 is 44.8 Å². The summed E-state index contributed by atoms with van der Waals surface area (Å²) < 4.78 is 41.7. The van der Waals surface area contributed by atoms with E-state index < -0.39 is 25.2 Å². The van der Waals surface area contributed by atoms with Crippen molar-refractivity contribution in [2.45, 2.75) is 82.5 Å². The van der Waals surface area contributed by atoms with Crippen LogP contribution in [0.15, 0.2) is 64.9 Å². The summed E-state index contributed by atoms with van der Waals surface area (Å²) in [5.41, 5.74) is 3.34. The smallest absolute Gasteiger partial charge is 0 e. The molecule has 1 rings (SSSR count). The Morgan fingerprint density at radius 3 is 1.81 bits per heavy atom. The van der Waals surface area contributed by atoms with Crippen LogP contribution < -0.4 is 0 Å². The molecule has 0 heterocycles. The normalized spacial score (nSPS) is 12.6. The van der Waals surface area contributed by atoms with Crippen molar-refractivity contribution in [1.29, 1.82) is 0 Å². The Bertz CT molecular complexity index is 850. The molecule has 0 bridgehead atoms. The first kappa shape index (κ1) is 42.6. The van der Waals surface area contributed by atoms with Crippen LogP contribution >= 0.6 is 0 Å². The van der Waals surface area contributed by atoms with Crippen molar-refractivity contribution in [3.05, 3.63) is 85.6 Å². The zero-order valence-electron chi connectivity index (χ0n) is 22.8. The van der Waals surface area contributed by atoms with Gasteiger partial charge in [0.2, 0.25) is 8.32 Å². The van der Waals surface area contributed by atoms with E-state index in [1.165, 1.54) is 0 Å². The molecule has 0 fully saturated rings. The van der Waals surface area contributed by atoms with Gasteiger partial charge >= 0.3 is 33.9 Å². The molecule has 9 heteroatoms. The Morgan fingerprint density at radius 2 is 1.43 bits per heavy atom. The maximum Gasteiger partial charge on any atom is 0 e. The molecule has 206 valence electrons. The second kappa shape index (κ2) is 24.8. The van der Waals surface area contributed by atoms with Gasteiger partial charge < -0.3 is 9.53 Å². The van der Waals surface area contributed by atoms with Gasteiger partial charge in [0, 0.05) is 27.4 Å². The van der Waals surface area contributed by atoms with E-state index in [4.69, 9.17) is 18.4 Å². The minimum absolute atomic E-state index is 0. The molecule has 37 heavy (non-hydrogen) atoms. The van der Waals surface area contributed by atoms with E-state index in [0.29, 0.717) is 29.7 Å². The molecule has 0 spiro atoms. The summed E-state index contributed by atoms with van der Waals surface area (Å²) in [6.07, 6.45) is 5.14. The number of rotatable bonds is 12. The van der Waals surface area contributed by atoms with Gasteiger partial charge in [-0.3, -0.25) is 0 Å². The van der Waals surface area contributed by atoms with Gasteiger partial charge in [-0.2, -0.15) is 0 Å². The summed E-state index contributed by atoms with van der Waals surface area (Å²) in [7, 11) is -3.25. The van der Waals surface area contributed by atoms with Crippen molar-refractivity contribution >= 4 is 19.1 Å². The van der Waals surface area contributed by atoms with E-state index in [9.17, 15) is 9.32 Å². The Kier molecular flexibility index (Phi) is 28.5. The molecule has 0 aliphatic heterocycles. The van der Waals surface area contributed by atoms with Gasteiger partial charge in [-0.1, -0.05) is 71.4 Å². The molecule has 0 amide bonds. The summed E-state index contributed by atoms with van der Waals surface area (Å²) in [6, 6.07) is 7.64.